The van der Waals surface area contributed by atoms with Gasteiger partial charge in [-0.15, -0.1) is 0 Å². The maximum absolute atomic E-state index is 12.9. The highest BCUT2D eigenvalue weighted by molar-refractivity contribution is 6.04. The number of hydrogen-bond acceptors (Lipinski definition) is 6. The molecule has 2 heterocycles. The van der Waals surface area contributed by atoms with Crippen LogP contribution in [0.5, 0.6) is 17.4 Å². The number of amides is 1. The highest BCUT2D eigenvalue weighted by atomic mass is 19.3. The number of alkyl halides is 2. The van der Waals surface area contributed by atoms with Crippen LogP contribution in [-0.4, -0.2) is 29.0 Å². The van der Waals surface area contributed by atoms with Crippen molar-refractivity contribution in [3.8, 4) is 17.4 Å². The fraction of sp³-hybridized carbons (Fsp3) is 0.190. The van der Waals surface area contributed by atoms with Gasteiger partial charge in [0.05, 0.1) is 6.54 Å². The molecular weight excluding hydrogens is 394 g/mol. The number of carbonyl (C=O) groups is 1. The topological polar surface area (TPSA) is 85.4 Å². The van der Waals surface area contributed by atoms with Crippen LogP contribution in [0, 0.1) is 6.92 Å². The van der Waals surface area contributed by atoms with Gasteiger partial charge >= 0.3 is 0 Å². The number of rotatable bonds is 5. The Bertz CT molecular complexity index is 1090. The summed E-state index contributed by atoms with van der Waals surface area (Å²) < 4.78 is 37.3. The van der Waals surface area contributed by atoms with E-state index in [-0.39, 0.29) is 17.1 Å². The number of hydrogen-bond donors (Lipinski definition) is 2. The fourth-order valence-corrected chi connectivity index (χ4v) is 2.92. The van der Waals surface area contributed by atoms with Crippen molar-refractivity contribution in [1.82, 2.24) is 9.97 Å². The molecule has 7 nitrogen and oxygen atoms in total. The first-order valence-electron chi connectivity index (χ1n) is 9.21. The van der Waals surface area contributed by atoms with Gasteiger partial charge < -0.3 is 20.1 Å². The predicted octanol–water partition coefficient (Wildman–Crippen LogP) is 4.57. The molecule has 0 radical (unpaired) electrons. The van der Waals surface area contributed by atoms with Crippen LogP contribution in [0.25, 0.3) is 0 Å². The fourth-order valence-electron chi connectivity index (χ4n) is 2.92. The van der Waals surface area contributed by atoms with Crippen molar-refractivity contribution in [1.29, 1.82) is 0 Å². The summed E-state index contributed by atoms with van der Waals surface area (Å²) in [5, 5.41) is 5.72. The quantitative estimate of drug-likeness (QED) is 0.639. The van der Waals surface area contributed by atoms with Gasteiger partial charge in [0.15, 0.2) is 5.82 Å². The summed E-state index contributed by atoms with van der Waals surface area (Å²) in [6, 6.07) is 10.5. The van der Waals surface area contributed by atoms with Crippen molar-refractivity contribution < 1.29 is 23.0 Å². The summed E-state index contributed by atoms with van der Waals surface area (Å²) in [6.07, 6.45) is -1.26. The molecule has 1 aliphatic rings. The van der Waals surface area contributed by atoms with Gasteiger partial charge in [-0.3, -0.25) is 4.79 Å². The molecule has 0 atom stereocenters. The molecule has 0 bridgehead atoms. The highest BCUT2D eigenvalue weighted by Crippen LogP contribution is 2.37. The second kappa shape index (κ2) is 8.32. The van der Waals surface area contributed by atoms with Gasteiger partial charge in [-0.2, -0.15) is 4.98 Å². The van der Waals surface area contributed by atoms with Gasteiger partial charge in [0.1, 0.15) is 18.7 Å². The molecule has 2 N–H and O–H groups in total. The molecule has 2 aromatic carbocycles. The van der Waals surface area contributed by atoms with E-state index < -0.39 is 12.3 Å². The number of nitrogens with one attached hydrogen (secondary N) is 2. The average molecular weight is 412 g/mol. The second-order valence-corrected chi connectivity index (χ2v) is 6.59. The third-order valence-corrected chi connectivity index (χ3v) is 4.47. The van der Waals surface area contributed by atoms with Gasteiger partial charge in [-0.1, -0.05) is 18.2 Å². The van der Waals surface area contributed by atoms with E-state index in [0.29, 0.717) is 36.0 Å². The summed E-state index contributed by atoms with van der Waals surface area (Å²) in [7, 11) is 0. The van der Waals surface area contributed by atoms with Crippen molar-refractivity contribution in [3.05, 3.63) is 65.5 Å². The third kappa shape index (κ3) is 4.14. The summed E-state index contributed by atoms with van der Waals surface area (Å²) in [5.41, 5.74) is 1.20. The zero-order valence-electron chi connectivity index (χ0n) is 16.0. The number of carbonyl (C=O) groups excluding carboxylic acids is 1. The molecule has 30 heavy (non-hydrogen) atoms. The number of fused-ring (bicyclic) bond motifs is 1. The number of aromatic nitrogens is 2. The van der Waals surface area contributed by atoms with E-state index in [1.807, 2.05) is 6.92 Å². The molecule has 0 aliphatic carbocycles. The van der Waals surface area contributed by atoms with E-state index in [1.54, 1.807) is 24.3 Å². The predicted molar refractivity (Wildman–Crippen MR) is 107 cm³/mol. The largest absolute Gasteiger partial charge is 0.483 e. The van der Waals surface area contributed by atoms with Gasteiger partial charge in [-0.25, -0.2) is 13.8 Å². The summed E-state index contributed by atoms with van der Waals surface area (Å²) in [5.74, 6) is 1.14. The summed E-state index contributed by atoms with van der Waals surface area (Å²) in [4.78, 5) is 20.9. The highest BCUT2D eigenvalue weighted by Gasteiger charge is 2.20. The third-order valence-electron chi connectivity index (χ3n) is 4.47. The number of anilines is 2. The Morgan fingerprint density at radius 2 is 2.10 bits per heavy atom. The number of aryl methyl sites for hydroxylation is 1. The Morgan fingerprint density at radius 1 is 1.23 bits per heavy atom. The normalized spacial score (nSPS) is 12.5. The van der Waals surface area contributed by atoms with Crippen molar-refractivity contribution in [2.45, 2.75) is 13.3 Å². The standard InChI is InChI=1S/C21H18F2N4O3/c1-12-5-6-14(20(28)27-15-4-2-3-13(9-15)18(22)23)10-16(12)30-21-17-19(25-11-26-21)24-7-8-29-17/h2-6,9-11,18H,7-8H2,1H3,(H,27,28)(H,24,25,26). The molecule has 9 heteroatoms. The summed E-state index contributed by atoms with van der Waals surface area (Å²) in [6.45, 7) is 2.91. The number of ether oxygens (including phenoxy) is 2. The zero-order chi connectivity index (χ0) is 21.1. The SMILES string of the molecule is Cc1ccc(C(=O)Nc2cccc(C(F)F)c2)cc1Oc1ncnc2c1OCCN2. The molecule has 154 valence electrons. The van der Waals surface area contributed by atoms with E-state index in [9.17, 15) is 13.6 Å². The summed E-state index contributed by atoms with van der Waals surface area (Å²) >= 11 is 0. The Labute approximate surface area is 171 Å². The molecule has 0 spiro atoms. The Morgan fingerprint density at radius 3 is 2.93 bits per heavy atom. The van der Waals surface area contributed by atoms with Gasteiger partial charge in [0.2, 0.25) is 5.75 Å². The lowest BCUT2D eigenvalue weighted by Gasteiger charge is -2.20. The molecule has 0 saturated carbocycles. The van der Waals surface area contributed by atoms with Crippen LogP contribution in [0.1, 0.15) is 27.9 Å². The lowest BCUT2D eigenvalue weighted by molar-refractivity contribution is 0.102. The minimum Gasteiger partial charge on any atom is -0.483 e. The Hall–Kier alpha value is -3.75. The molecule has 1 aromatic heterocycles. The van der Waals surface area contributed by atoms with Gasteiger partial charge in [0, 0.05) is 16.8 Å². The lowest BCUT2D eigenvalue weighted by Crippen LogP contribution is -2.19. The zero-order valence-corrected chi connectivity index (χ0v) is 16.0. The van der Waals surface area contributed by atoms with E-state index in [2.05, 4.69) is 20.6 Å². The second-order valence-electron chi connectivity index (χ2n) is 6.59. The van der Waals surface area contributed by atoms with Crippen LogP contribution in [0.3, 0.4) is 0 Å². The Balaban J connectivity index is 1.56. The molecule has 1 aliphatic heterocycles. The van der Waals surface area contributed by atoms with Gasteiger partial charge in [-0.05, 0) is 36.8 Å². The van der Waals surface area contributed by atoms with Crippen molar-refractivity contribution >= 4 is 17.4 Å². The van der Waals surface area contributed by atoms with Crippen molar-refractivity contribution in [3.63, 3.8) is 0 Å². The minimum atomic E-state index is -2.61. The first kappa shape index (κ1) is 19.6. The average Bonchev–Trinajstić information content (AvgIpc) is 2.75. The van der Waals surface area contributed by atoms with Crippen LogP contribution in [-0.2, 0) is 0 Å². The van der Waals surface area contributed by atoms with E-state index in [1.165, 1.54) is 24.5 Å². The molecule has 1 amide bonds. The first-order chi connectivity index (χ1) is 14.5. The number of nitrogens with zero attached hydrogens (tertiary/aromatic N) is 2. The molecule has 0 unspecified atom stereocenters. The van der Waals surface area contributed by atoms with Crippen molar-refractivity contribution in [2.24, 2.45) is 0 Å². The van der Waals surface area contributed by atoms with E-state index >= 15 is 0 Å². The maximum atomic E-state index is 12.9. The first-order valence-corrected chi connectivity index (χ1v) is 9.21. The van der Waals surface area contributed by atoms with Crippen LogP contribution >= 0.6 is 0 Å². The monoisotopic (exact) mass is 412 g/mol. The molecule has 0 saturated heterocycles. The van der Waals surface area contributed by atoms with Crippen LogP contribution < -0.4 is 20.1 Å². The number of halogens is 2. The number of benzene rings is 2. The minimum absolute atomic E-state index is 0.164. The van der Waals surface area contributed by atoms with Crippen LogP contribution in [0.4, 0.5) is 20.3 Å². The molecular formula is C21H18F2N4O3. The maximum Gasteiger partial charge on any atom is 0.268 e. The van der Waals surface area contributed by atoms with Crippen LogP contribution in [0.2, 0.25) is 0 Å². The Kier molecular flexibility index (Phi) is 5.42. The van der Waals surface area contributed by atoms with Crippen molar-refractivity contribution in [2.75, 3.05) is 23.8 Å². The lowest BCUT2D eigenvalue weighted by atomic mass is 10.1. The van der Waals surface area contributed by atoms with E-state index in [0.717, 1.165) is 5.56 Å². The molecule has 4 rings (SSSR count). The smallest absolute Gasteiger partial charge is 0.268 e. The molecule has 0 fully saturated rings. The van der Waals surface area contributed by atoms with E-state index in [4.69, 9.17) is 9.47 Å². The van der Waals surface area contributed by atoms with Gasteiger partial charge in [0.25, 0.3) is 18.2 Å². The van der Waals surface area contributed by atoms with Crippen LogP contribution in [0.15, 0.2) is 48.8 Å². The molecule has 3 aromatic rings.